The molecule has 0 atom stereocenters. The number of hydrogen-bond donors (Lipinski definition) is 2. The van der Waals surface area contributed by atoms with Crippen LogP contribution in [0.5, 0.6) is 0 Å². The first-order valence-corrected chi connectivity index (χ1v) is 7.78. The van der Waals surface area contributed by atoms with E-state index in [-0.39, 0.29) is 11.3 Å². The van der Waals surface area contributed by atoms with Gasteiger partial charge in [0.2, 0.25) is 0 Å². The molecule has 1 rings (SSSR count). The number of anilines is 2. The zero-order valence-electron chi connectivity index (χ0n) is 11.0. The molecule has 0 heterocycles. The van der Waals surface area contributed by atoms with E-state index in [2.05, 4.69) is 0 Å². The van der Waals surface area contributed by atoms with E-state index in [1.54, 1.807) is 24.1 Å². The van der Waals surface area contributed by atoms with Crippen molar-refractivity contribution in [3.63, 3.8) is 0 Å². The maximum atomic E-state index is 11.1. The molecule has 0 saturated carbocycles. The van der Waals surface area contributed by atoms with Gasteiger partial charge in [-0.05, 0) is 24.6 Å². The lowest BCUT2D eigenvalue weighted by Crippen LogP contribution is -2.23. The van der Waals surface area contributed by atoms with E-state index in [4.69, 9.17) is 10.8 Å². The van der Waals surface area contributed by atoms with Crippen molar-refractivity contribution in [1.29, 1.82) is 0 Å². The standard InChI is InChI=1S/C12H18N2O4S/c1-14(6-3-7-19(2,17)18)11-5-4-9(13)8-10(11)12(15)16/h4-5,8H,3,6-7,13H2,1-2H3,(H,15,16). The zero-order chi connectivity index (χ0) is 14.6. The number of carboxylic acids is 1. The number of benzene rings is 1. The van der Waals surface area contributed by atoms with Gasteiger partial charge in [-0.1, -0.05) is 0 Å². The summed E-state index contributed by atoms with van der Waals surface area (Å²) in [5.74, 6) is -0.980. The summed E-state index contributed by atoms with van der Waals surface area (Å²) in [6, 6.07) is 4.64. The number of hydrogen-bond acceptors (Lipinski definition) is 5. The molecule has 0 aliphatic rings. The van der Waals surface area contributed by atoms with Crippen molar-refractivity contribution in [2.24, 2.45) is 0 Å². The smallest absolute Gasteiger partial charge is 0.337 e. The predicted molar refractivity (Wildman–Crippen MR) is 75.4 cm³/mol. The van der Waals surface area contributed by atoms with Gasteiger partial charge in [-0.25, -0.2) is 13.2 Å². The Morgan fingerprint density at radius 1 is 1.42 bits per heavy atom. The summed E-state index contributed by atoms with van der Waals surface area (Å²) >= 11 is 0. The molecule has 106 valence electrons. The highest BCUT2D eigenvalue weighted by atomic mass is 32.2. The van der Waals surface area contributed by atoms with Crippen LogP contribution in [-0.2, 0) is 9.84 Å². The van der Waals surface area contributed by atoms with Crippen LogP contribution >= 0.6 is 0 Å². The molecule has 0 amide bonds. The highest BCUT2D eigenvalue weighted by molar-refractivity contribution is 7.90. The Morgan fingerprint density at radius 2 is 2.05 bits per heavy atom. The topological polar surface area (TPSA) is 101 Å². The van der Waals surface area contributed by atoms with Gasteiger partial charge in [0.25, 0.3) is 0 Å². The van der Waals surface area contributed by atoms with Gasteiger partial charge in [0.05, 0.1) is 17.0 Å². The van der Waals surface area contributed by atoms with Crippen molar-refractivity contribution in [2.75, 3.05) is 36.2 Å². The number of sulfone groups is 1. The van der Waals surface area contributed by atoms with Crippen LogP contribution in [0.1, 0.15) is 16.8 Å². The number of nitrogens with zero attached hydrogens (tertiary/aromatic N) is 1. The molecule has 1 aromatic carbocycles. The number of nitrogen functional groups attached to an aromatic ring is 1. The second kappa shape index (κ2) is 5.92. The van der Waals surface area contributed by atoms with E-state index in [0.29, 0.717) is 24.3 Å². The largest absolute Gasteiger partial charge is 0.478 e. The van der Waals surface area contributed by atoms with Gasteiger partial charge in [0.1, 0.15) is 9.84 Å². The third-order valence-corrected chi connectivity index (χ3v) is 3.70. The Bertz CT molecular complexity index is 569. The Morgan fingerprint density at radius 3 is 2.58 bits per heavy atom. The lowest BCUT2D eigenvalue weighted by molar-refractivity contribution is 0.0697. The molecule has 7 heteroatoms. The molecule has 1 aromatic rings. The van der Waals surface area contributed by atoms with E-state index >= 15 is 0 Å². The van der Waals surface area contributed by atoms with Crippen molar-refractivity contribution >= 4 is 27.2 Å². The molecular weight excluding hydrogens is 268 g/mol. The summed E-state index contributed by atoms with van der Waals surface area (Å²) in [5, 5.41) is 9.12. The van der Waals surface area contributed by atoms with Crippen LogP contribution in [0.15, 0.2) is 18.2 Å². The van der Waals surface area contributed by atoms with Crippen LogP contribution < -0.4 is 10.6 Å². The quantitative estimate of drug-likeness (QED) is 0.751. The van der Waals surface area contributed by atoms with E-state index in [9.17, 15) is 13.2 Å². The first kappa shape index (κ1) is 15.3. The molecule has 0 spiro atoms. The summed E-state index contributed by atoms with van der Waals surface area (Å²) in [5.41, 5.74) is 6.58. The SMILES string of the molecule is CN(CCCS(C)(=O)=O)c1ccc(N)cc1C(=O)O. The fraction of sp³-hybridized carbons (Fsp3) is 0.417. The molecule has 0 aliphatic heterocycles. The van der Waals surface area contributed by atoms with Gasteiger partial charge in [-0.2, -0.15) is 0 Å². The van der Waals surface area contributed by atoms with Crippen LogP contribution in [0.2, 0.25) is 0 Å². The van der Waals surface area contributed by atoms with Gasteiger partial charge in [0, 0.05) is 25.5 Å². The minimum atomic E-state index is -3.00. The van der Waals surface area contributed by atoms with Gasteiger partial charge in [-0.15, -0.1) is 0 Å². The number of aromatic carboxylic acids is 1. The molecule has 3 N–H and O–H groups in total. The molecular formula is C12H18N2O4S. The Labute approximate surface area is 112 Å². The van der Waals surface area contributed by atoms with Crippen molar-refractivity contribution in [3.8, 4) is 0 Å². The van der Waals surface area contributed by atoms with Crippen molar-refractivity contribution in [2.45, 2.75) is 6.42 Å². The molecule has 19 heavy (non-hydrogen) atoms. The van der Waals surface area contributed by atoms with Crippen LogP contribution in [0.3, 0.4) is 0 Å². The molecule has 0 saturated heterocycles. The second-order valence-electron chi connectivity index (χ2n) is 4.49. The average Bonchev–Trinajstić information content (AvgIpc) is 2.26. The fourth-order valence-electron chi connectivity index (χ4n) is 1.74. The van der Waals surface area contributed by atoms with E-state index in [0.717, 1.165) is 0 Å². The molecule has 0 aromatic heterocycles. The molecule has 0 unspecified atom stereocenters. The van der Waals surface area contributed by atoms with Gasteiger partial charge in [0.15, 0.2) is 0 Å². The summed E-state index contributed by atoms with van der Waals surface area (Å²) in [6.07, 6.45) is 1.62. The number of nitrogens with two attached hydrogens (primary N) is 1. The minimum absolute atomic E-state index is 0.0781. The Balaban J connectivity index is 2.82. The molecule has 0 fully saturated rings. The van der Waals surface area contributed by atoms with Crippen LogP contribution in [0, 0.1) is 0 Å². The third kappa shape index (κ3) is 4.78. The summed E-state index contributed by atoms with van der Waals surface area (Å²) in [7, 11) is -1.28. The highest BCUT2D eigenvalue weighted by Crippen LogP contribution is 2.22. The molecule has 6 nitrogen and oxygen atoms in total. The zero-order valence-corrected chi connectivity index (χ0v) is 11.8. The summed E-state index contributed by atoms with van der Waals surface area (Å²) in [4.78, 5) is 12.8. The van der Waals surface area contributed by atoms with Crippen LogP contribution in [0.25, 0.3) is 0 Å². The molecule has 0 aliphatic carbocycles. The summed E-state index contributed by atoms with van der Waals surface area (Å²) in [6.45, 7) is 0.456. The fourth-order valence-corrected chi connectivity index (χ4v) is 2.40. The molecule has 0 radical (unpaired) electrons. The molecule has 0 bridgehead atoms. The number of carboxylic acid groups (broad SMARTS) is 1. The second-order valence-corrected chi connectivity index (χ2v) is 6.75. The first-order valence-electron chi connectivity index (χ1n) is 5.72. The average molecular weight is 286 g/mol. The van der Waals surface area contributed by atoms with Crippen LogP contribution in [-0.4, -0.2) is 45.1 Å². The monoisotopic (exact) mass is 286 g/mol. The number of rotatable bonds is 6. The Kier molecular flexibility index (Phi) is 4.77. The predicted octanol–water partition coefficient (Wildman–Crippen LogP) is 0.838. The normalized spacial score (nSPS) is 11.3. The lowest BCUT2D eigenvalue weighted by atomic mass is 10.1. The van der Waals surface area contributed by atoms with Gasteiger partial charge >= 0.3 is 5.97 Å². The van der Waals surface area contributed by atoms with Crippen LogP contribution in [0.4, 0.5) is 11.4 Å². The maximum absolute atomic E-state index is 11.1. The summed E-state index contributed by atoms with van der Waals surface area (Å²) < 4.78 is 22.1. The first-order chi connectivity index (χ1) is 8.70. The van der Waals surface area contributed by atoms with E-state index < -0.39 is 15.8 Å². The van der Waals surface area contributed by atoms with Crippen molar-refractivity contribution in [1.82, 2.24) is 0 Å². The van der Waals surface area contributed by atoms with Gasteiger partial charge in [-0.3, -0.25) is 0 Å². The van der Waals surface area contributed by atoms with Crippen molar-refractivity contribution in [3.05, 3.63) is 23.8 Å². The highest BCUT2D eigenvalue weighted by Gasteiger charge is 2.14. The van der Waals surface area contributed by atoms with E-state index in [1.807, 2.05) is 0 Å². The third-order valence-electron chi connectivity index (χ3n) is 2.67. The minimum Gasteiger partial charge on any atom is -0.478 e. The maximum Gasteiger partial charge on any atom is 0.337 e. The van der Waals surface area contributed by atoms with Crippen molar-refractivity contribution < 1.29 is 18.3 Å². The Hall–Kier alpha value is -1.76. The lowest BCUT2D eigenvalue weighted by Gasteiger charge is -2.21. The number of carbonyl (C=O) groups is 1. The van der Waals surface area contributed by atoms with E-state index in [1.165, 1.54) is 12.3 Å². The van der Waals surface area contributed by atoms with Gasteiger partial charge < -0.3 is 15.7 Å².